The van der Waals surface area contributed by atoms with E-state index in [4.69, 9.17) is 11.6 Å². The minimum absolute atomic E-state index is 0.101. The molecule has 0 amide bonds. The lowest BCUT2D eigenvalue weighted by molar-refractivity contribution is 0.583. The van der Waals surface area contributed by atoms with E-state index < -0.39 is 0 Å². The van der Waals surface area contributed by atoms with E-state index in [2.05, 4.69) is 44.1 Å². The fourth-order valence-electron chi connectivity index (χ4n) is 1.87. The molecule has 0 fully saturated rings. The molecule has 0 aliphatic rings. The zero-order chi connectivity index (χ0) is 12.5. The molecule has 0 bridgehead atoms. The summed E-state index contributed by atoms with van der Waals surface area (Å²) in [6.07, 6.45) is 1.96. The number of rotatable bonds is 2. The van der Waals surface area contributed by atoms with Crippen molar-refractivity contribution in [3.05, 3.63) is 47.8 Å². The molecule has 0 atom stereocenters. The van der Waals surface area contributed by atoms with Gasteiger partial charge in [-0.1, -0.05) is 39.0 Å². The largest absolute Gasteiger partial charge is 0.240 e. The van der Waals surface area contributed by atoms with E-state index >= 15 is 0 Å². The van der Waals surface area contributed by atoms with Gasteiger partial charge in [-0.25, -0.2) is 4.68 Å². The first-order valence-electron chi connectivity index (χ1n) is 5.73. The number of halogens is 1. The highest BCUT2D eigenvalue weighted by Crippen LogP contribution is 2.27. The molecule has 0 aliphatic heterocycles. The second-order valence-corrected chi connectivity index (χ2v) is 5.42. The van der Waals surface area contributed by atoms with E-state index in [-0.39, 0.29) is 5.41 Å². The fraction of sp³-hybridized carbons (Fsp3) is 0.357. The van der Waals surface area contributed by atoms with Gasteiger partial charge in [0.15, 0.2) is 0 Å². The molecule has 0 saturated carbocycles. The van der Waals surface area contributed by atoms with Crippen LogP contribution in [0.15, 0.2) is 36.5 Å². The van der Waals surface area contributed by atoms with Crippen molar-refractivity contribution in [2.45, 2.75) is 32.1 Å². The summed E-state index contributed by atoms with van der Waals surface area (Å²) in [5.41, 5.74) is 3.40. The highest BCUT2D eigenvalue weighted by molar-refractivity contribution is 6.16. The maximum atomic E-state index is 5.78. The molecule has 0 unspecified atom stereocenters. The number of nitrogens with zero attached hydrogens (tertiary/aromatic N) is 2. The van der Waals surface area contributed by atoms with Crippen LogP contribution in [0, 0.1) is 0 Å². The van der Waals surface area contributed by atoms with E-state index in [1.165, 1.54) is 5.56 Å². The van der Waals surface area contributed by atoms with Gasteiger partial charge in [-0.05, 0) is 23.1 Å². The average molecular weight is 249 g/mol. The van der Waals surface area contributed by atoms with E-state index in [0.29, 0.717) is 5.88 Å². The minimum Gasteiger partial charge on any atom is -0.240 e. The summed E-state index contributed by atoms with van der Waals surface area (Å²) in [6.45, 7) is 6.62. The zero-order valence-electron chi connectivity index (χ0n) is 10.4. The lowest BCUT2D eigenvalue weighted by atomic mass is 9.86. The average Bonchev–Trinajstić information content (AvgIpc) is 2.76. The molecule has 17 heavy (non-hydrogen) atoms. The highest BCUT2D eigenvalue weighted by Gasteiger charge is 2.18. The van der Waals surface area contributed by atoms with E-state index in [1.807, 2.05) is 23.0 Å². The van der Waals surface area contributed by atoms with E-state index in [0.717, 1.165) is 11.4 Å². The summed E-state index contributed by atoms with van der Waals surface area (Å²) < 4.78 is 1.90. The van der Waals surface area contributed by atoms with Crippen LogP contribution in [-0.4, -0.2) is 9.78 Å². The smallest absolute Gasteiger partial charge is 0.0776 e. The molecule has 1 aromatic carbocycles. The Morgan fingerprint density at radius 3 is 2.47 bits per heavy atom. The van der Waals surface area contributed by atoms with Gasteiger partial charge in [0.1, 0.15) is 0 Å². The van der Waals surface area contributed by atoms with Gasteiger partial charge in [0.25, 0.3) is 0 Å². The molecule has 0 N–H and O–H groups in total. The Morgan fingerprint density at radius 2 is 1.88 bits per heavy atom. The van der Waals surface area contributed by atoms with Crippen LogP contribution >= 0.6 is 11.6 Å². The SMILES string of the molecule is CC(C)(C)c1ccccc1-n1ccc(CCl)n1. The van der Waals surface area contributed by atoms with E-state index in [9.17, 15) is 0 Å². The van der Waals surface area contributed by atoms with Crippen molar-refractivity contribution >= 4 is 11.6 Å². The number of hydrogen-bond donors (Lipinski definition) is 0. The summed E-state index contributed by atoms with van der Waals surface area (Å²) in [5, 5.41) is 4.46. The van der Waals surface area contributed by atoms with Gasteiger partial charge in [-0.15, -0.1) is 11.6 Å². The summed E-state index contributed by atoms with van der Waals surface area (Å²) in [4.78, 5) is 0. The van der Waals surface area contributed by atoms with Crippen molar-refractivity contribution in [2.24, 2.45) is 0 Å². The lowest BCUT2D eigenvalue weighted by Crippen LogP contribution is -2.15. The van der Waals surface area contributed by atoms with Crippen molar-refractivity contribution < 1.29 is 0 Å². The van der Waals surface area contributed by atoms with Crippen LogP contribution in [0.1, 0.15) is 32.0 Å². The highest BCUT2D eigenvalue weighted by atomic mass is 35.5. The number of benzene rings is 1. The molecule has 0 radical (unpaired) electrons. The maximum absolute atomic E-state index is 5.78. The van der Waals surface area contributed by atoms with Gasteiger partial charge in [-0.3, -0.25) is 0 Å². The molecule has 0 saturated heterocycles. The Morgan fingerprint density at radius 1 is 1.18 bits per heavy atom. The number of alkyl halides is 1. The van der Waals surface area contributed by atoms with Crippen LogP contribution in [0.4, 0.5) is 0 Å². The standard InChI is InChI=1S/C14H17ClN2/c1-14(2,3)12-6-4-5-7-13(12)17-9-8-11(10-15)16-17/h4-9H,10H2,1-3H3. The third-order valence-electron chi connectivity index (χ3n) is 2.74. The van der Waals surface area contributed by atoms with Crippen molar-refractivity contribution in [1.82, 2.24) is 9.78 Å². The Hall–Kier alpha value is -1.28. The fourth-order valence-corrected chi connectivity index (χ4v) is 2.02. The Balaban J connectivity index is 2.52. The van der Waals surface area contributed by atoms with Gasteiger partial charge >= 0.3 is 0 Å². The van der Waals surface area contributed by atoms with Crippen LogP contribution in [0.2, 0.25) is 0 Å². The summed E-state index contributed by atoms with van der Waals surface area (Å²) in [6, 6.07) is 10.3. The van der Waals surface area contributed by atoms with Crippen LogP contribution < -0.4 is 0 Å². The van der Waals surface area contributed by atoms with Gasteiger partial charge in [0.2, 0.25) is 0 Å². The van der Waals surface area contributed by atoms with Gasteiger partial charge in [-0.2, -0.15) is 5.10 Å². The van der Waals surface area contributed by atoms with Crippen molar-refractivity contribution in [1.29, 1.82) is 0 Å². The molecule has 1 aromatic heterocycles. The second kappa shape index (κ2) is 4.53. The normalized spacial score (nSPS) is 11.8. The Labute approximate surface area is 107 Å². The third-order valence-corrected chi connectivity index (χ3v) is 3.01. The van der Waals surface area contributed by atoms with Crippen LogP contribution in [0.5, 0.6) is 0 Å². The quantitative estimate of drug-likeness (QED) is 0.737. The second-order valence-electron chi connectivity index (χ2n) is 5.15. The molecular formula is C14H17ClN2. The zero-order valence-corrected chi connectivity index (χ0v) is 11.2. The molecule has 2 rings (SSSR count). The minimum atomic E-state index is 0.101. The summed E-state index contributed by atoms with van der Waals surface area (Å²) in [5.74, 6) is 0.449. The molecule has 0 spiro atoms. The molecule has 90 valence electrons. The Kier molecular flexibility index (Phi) is 3.25. The maximum Gasteiger partial charge on any atom is 0.0776 e. The molecule has 2 nitrogen and oxygen atoms in total. The number of para-hydroxylation sites is 1. The first-order valence-corrected chi connectivity index (χ1v) is 6.26. The van der Waals surface area contributed by atoms with Crippen molar-refractivity contribution in [3.8, 4) is 5.69 Å². The number of hydrogen-bond acceptors (Lipinski definition) is 1. The van der Waals surface area contributed by atoms with Crippen LogP contribution in [0.3, 0.4) is 0 Å². The lowest BCUT2D eigenvalue weighted by Gasteiger charge is -2.22. The first-order chi connectivity index (χ1) is 8.02. The Bertz CT molecular complexity index is 509. The summed E-state index contributed by atoms with van der Waals surface area (Å²) >= 11 is 5.78. The molecule has 3 heteroatoms. The first kappa shape index (κ1) is 12.2. The van der Waals surface area contributed by atoms with Crippen molar-refractivity contribution in [3.63, 3.8) is 0 Å². The molecular weight excluding hydrogens is 232 g/mol. The summed E-state index contributed by atoms with van der Waals surface area (Å²) in [7, 11) is 0. The van der Waals surface area contributed by atoms with Gasteiger partial charge < -0.3 is 0 Å². The molecule has 1 heterocycles. The predicted octanol–water partition coefficient (Wildman–Crippen LogP) is 3.91. The molecule has 2 aromatic rings. The molecule has 0 aliphatic carbocycles. The van der Waals surface area contributed by atoms with E-state index in [1.54, 1.807) is 0 Å². The monoisotopic (exact) mass is 248 g/mol. The topological polar surface area (TPSA) is 17.8 Å². The third kappa shape index (κ3) is 2.52. The predicted molar refractivity (Wildman–Crippen MR) is 71.8 cm³/mol. The van der Waals surface area contributed by atoms with Crippen LogP contribution in [-0.2, 0) is 11.3 Å². The van der Waals surface area contributed by atoms with Gasteiger partial charge in [0, 0.05) is 6.20 Å². The number of aromatic nitrogens is 2. The van der Waals surface area contributed by atoms with Gasteiger partial charge in [0.05, 0.1) is 17.3 Å². The van der Waals surface area contributed by atoms with Crippen molar-refractivity contribution in [2.75, 3.05) is 0 Å². The van der Waals surface area contributed by atoms with Crippen LogP contribution in [0.25, 0.3) is 5.69 Å².